The number of nitrogens with one attached hydrogen (secondary N) is 2. The SMILES string of the molecule is O=C(/C=C(/c1ccccc1)C(F)(F)F)NCCNc1ncccn1. The highest BCUT2D eigenvalue weighted by molar-refractivity contribution is 5.96. The molecule has 0 unspecified atom stereocenters. The van der Waals surface area contributed by atoms with Gasteiger partial charge in [0.2, 0.25) is 11.9 Å². The number of nitrogens with zero attached hydrogens (tertiary/aromatic N) is 2. The second-order valence-electron chi connectivity index (χ2n) is 4.71. The summed E-state index contributed by atoms with van der Waals surface area (Å²) in [6.45, 7) is 0.420. The van der Waals surface area contributed by atoms with Crippen LogP contribution in [0.4, 0.5) is 19.1 Å². The smallest absolute Gasteiger partial charge is 0.352 e. The van der Waals surface area contributed by atoms with Crippen LogP contribution in [0.3, 0.4) is 0 Å². The molecule has 2 rings (SSSR count). The zero-order valence-corrected chi connectivity index (χ0v) is 12.5. The number of rotatable bonds is 6. The molecule has 2 N–H and O–H groups in total. The number of carbonyl (C=O) groups excluding carboxylic acids is 1. The largest absolute Gasteiger partial charge is 0.417 e. The normalized spacial score (nSPS) is 11.9. The second-order valence-corrected chi connectivity index (χ2v) is 4.71. The molecule has 0 saturated carbocycles. The van der Waals surface area contributed by atoms with Gasteiger partial charge in [-0.25, -0.2) is 9.97 Å². The summed E-state index contributed by atoms with van der Waals surface area (Å²) in [5, 5.41) is 5.23. The monoisotopic (exact) mass is 336 g/mol. The van der Waals surface area contributed by atoms with Gasteiger partial charge in [0.15, 0.2) is 0 Å². The third-order valence-electron chi connectivity index (χ3n) is 2.94. The van der Waals surface area contributed by atoms with Crippen LogP contribution in [0.15, 0.2) is 54.9 Å². The number of alkyl halides is 3. The lowest BCUT2D eigenvalue weighted by Crippen LogP contribution is -2.28. The van der Waals surface area contributed by atoms with Crippen molar-refractivity contribution in [3.05, 3.63) is 60.4 Å². The zero-order chi connectivity index (χ0) is 17.4. The topological polar surface area (TPSA) is 66.9 Å². The summed E-state index contributed by atoms with van der Waals surface area (Å²) in [5.74, 6) is -0.440. The third kappa shape index (κ3) is 5.38. The van der Waals surface area contributed by atoms with Crippen molar-refractivity contribution in [1.82, 2.24) is 15.3 Å². The number of hydrogen-bond acceptors (Lipinski definition) is 4. The van der Waals surface area contributed by atoms with E-state index in [-0.39, 0.29) is 18.7 Å². The van der Waals surface area contributed by atoms with Crippen LogP contribution >= 0.6 is 0 Å². The van der Waals surface area contributed by atoms with Gasteiger partial charge in [-0.3, -0.25) is 4.79 Å². The number of carbonyl (C=O) groups is 1. The van der Waals surface area contributed by atoms with Crippen LogP contribution in [0.2, 0.25) is 0 Å². The van der Waals surface area contributed by atoms with E-state index in [0.29, 0.717) is 12.0 Å². The molecular weight excluding hydrogens is 321 g/mol. The zero-order valence-electron chi connectivity index (χ0n) is 12.5. The number of benzene rings is 1. The van der Waals surface area contributed by atoms with Crippen molar-refractivity contribution in [2.45, 2.75) is 6.18 Å². The van der Waals surface area contributed by atoms with Crippen molar-refractivity contribution >= 4 is 17.4 Å². The van der Waals surface area contributed by atoms with Gasteiger partial charge in [0.05, 0.1) is 5.57 Å². The van der Waals surface area contributed by atoms with Crippen molar-refractivity contribution in [3.8, 4) is 0 Å². The maximum atomic E-state index is 13.1. The fourth-order valence-electron chi connectivity index (χ4n) is 1.88. The standard InChI is InChI=1S/C16H15F3N4O/c17-16(18,19)13(12-5-2-1-3-6-12)11-14(24)20-9-10-23-15-21-7-4-8-22-15/h1-8,11H,9-10H2,(H,20,24)(H,21,22,23)/b13-11-. The van der Waals surface area contributed by atoms with Gasteiger partial charge in [0.1, 0.15) is 0 Å². The summed E-state index contributed by atoms with van der Waals surface area (Å²) in [4.78, 5) is 19.6. The van der Waals surface area contributed by atoms with Crippen LogP contribution < -0.4 is 10.6 Å². The molecule has 0 aliphatic rings. The molecular formula is C16H15F3N4O. The average Bonchev–Trinajstić information content (AvgIpc) is 2.57. The minimum Gasteiger partial charge on any atom is -0.352 e. The maximum absolute atomic E-state index is 13.1. The summed E-state index contributed by atoms with van der Waals surface area (Å²) in [7, 11) is 0. The molecule has 126 valence electrons. The van der Waals surface area contributed by atoms with Crippen LogP contribution in [0, 0.1) is 0 Å². The summed E-state index contributed by atoms with van der Waals surface area (Å²) < 4.78 is 39.3. The predicted octanol–water partition coefficient (Wildman–Crippen LogP) is 2.65. The van der Waals surface area contributed by atoms with Gasteiger partial charge in [-0.05, 0) is 11.6 Å². The fourth-order valence-corrected chi connectivity index (χ4v) is 1.88. The molecule has 24 heavy (non-hydrogen) atoms. The summed E-state index contributed by atoms with van der Waals surface area (Å²) in [6, 6.07) is 8.84. The Bertz CT molecular complexity index is 687. The van der Waals surface area contributed by atoms with Crippen LogP contribution in [0.25, 0.3) is 5.57 Å². The highest BCUT2D eigenvalue weighted by atomic mass is 19.4. The molecule has 0 radical (unpaired) electrons. The number of amides is 1. The van der Waals surface area contributed by atoms with Gasteiger partial charge >= 0.3 is 6.18 Å². The highest BCUT2D eigenvalue weighted by Crippen LogP contribution is 2.33. The number of hydrogen-bond donors (Lipinski definition) is 2. The molecule has 0 fully saturated rings. The molecule has 1 heterocycles. The quantitative estimate of drug-likeness (QED) is 0.629. The van der Waals surface area contributed by atoms with Crippen molar-refractivity contribution < 1.29 is 18.0 Å². The molecule has 0 bridgehead atoms. The molecule has 0 aliphatic carbocycles. The van der Waals surface area contributed by atoms with Gasteiger partial charge in [-0.1, -0.05) is 30.3 Å². The van der Waals surface area contributed by atoms with Crippen molar-refractivity contribution in [2.75, 3.05) is 18.4 Å². The minimum atomic E-state index is -4.62. The predicted molar refractivity (Wildman–Crippen MR) is 84.0 cm³/mol. The van der Waals surface area contributed by atoms with Crippen LogP contribution in [0.1, 0.15) is 5.56 Å². The lowest BCUT2D eigenvalue weighted by Gasteiger charge is -2.12. The molecule has 0 spiro atoms. The lowest BCUT2D eigenvalue weighted by molar-refractivity contribution is -0.116. The molecule has 0 atom stereocenters. The van der Waals surface area contributed by atoms with E-state index in [0.717, 1.165) is 0 Å². The number of anilines is 1. The van der Waals surface area contributed by atoms with E-state index < -0.39 is 17.7 Å². The van der Waals surface area contributed by atoms with E-state index in [1.165, 1.54) is 24.3 Å². The number of aromatic nitrogens is 2. The Morgan fingerprint density at radius 1 is 1.04 bits per heavy atom. The first kappa shape index (κ1) is 17.5. The Morgan fingerprint density at radius 3 is 2.33 bits per heavy atom. The van der Waals surface area contributed by atoms with Gasteiger partial charge in [0, 0.05) is 31.6 Å². The summed E-state index contributed by atoms with van der Waals surface area (Å²) in [5.41, 5.74) is -1.05. The van der Waals surface area contributed by atoms with Crippen LogP contribution in [-0.2, 0) is 4.79 Å². The summed E-state index contributed by atoms with van der Waals surface area (Å²) >= 11 is 0. The second kappa shape index (κ2) is 8.09. The van der Waals surface area contributed by atoms with E-state index in [2.05, 4.69) is 20.6 Å². The molecule has 8 heteroatoms. The molecule has 2 aromatic rings. The molecule has 1 aromatic carbocycles. The number of allylic oxidation sites excluding steroid dienone is 1. The number of halogens is 3. The van der Waals surface area contributed by atoms with Crippen molar-refractivity contribution in [1.29, 1.82) is 0 Å². The van der Waals surface area contributed by atoms with E-state index in [1.807, 2.05) is 0 Å². The molecule has 1 amide bonds. The van der Waals surface area contributed by atoms with Gasteiger partial charge in [-0.2, -0.15) is 13.2 Å². The average molecular weight is 336 g/mol. The Hall–Kier alpha value is -2.90. The molecule has 0 saturated heterocycles. The Balaban J connectivity index is 1.93. The van der Waals surface area contributed by atoms with Crippen LogP contribution in [-0.4, -0.2) is 35.1 Å². The molecule has 1 aromatic heterocycles. The summed E-state index contributed by atoms with van der Waals surface area (Å²) in [6.07, 6.45) is -0.957. The fraction of sp³-hybridized carbons (Fsp3) is 0.188. The first-order valence-corrected chi connectivity index (χ1v) is 7.10. The molecule has 0 aliphatic heterocycles. The Labute approximate surface area is 136 Å². The van der Waals surface area contributed by atoms with E-state index in [9.17, 15) is 18.0 Å². The Morgan fingerprint density at radius 2 is 1.71 bits per heavy atom. The van der Waals surface area contributed by atoms with Crippen LogP contribution in [0.5, 0.6) is 0 Å². The van der Waals surface area contributed by atoms with Crippen molar-refractivity contribution in [3.63, 3.8) is 0 Å². The first-order valence-electron chi connectivity index (χ1n) is 7.10. The van der Waals surface area contributed by atoms with E-state index in [1.54, 1.807) is 24.5 Å². The van der Waals surface area contributed by atoms with Gasteiger partial charge in [0.25, 0.3) is 0 Å². The van der Waals surface area contributed by atoms with Crippen molar-refractivity contribution in [2.24, 2.45) is 0 Å². The molecule has 5 nitrogen and oxygen atoms in total. The highest BCUT2D eigenvalue weighted by Gasteiger charge is 2.35. The third-order valence-corrected chi connectivity index (χ3v) is 2.94. The van der Waals surface area contributed by atoms with Gasteiger partial charge < -0.3 is 10.6 Å². The van der Waals surface area contributed by atoms with E-state index in [4.69, 9.17) is 0 Å². The first-order chi connectivity index (χ1) is 11.5. The lowest BCUT2D eigenvalue weighted by atomic mass is 10.1. The minimum absolute atomic E-state index is 0.0593. The van der Waals surface area contributed by atoms with Gasteiger partial charge in [-0.15, -0.1) is 0 Å². The maximum Gasteiger partial charge on any atom is 0.417 e. The van der Waals surface area contributed by atoms with E-state index >= 15 is 0 Å². The Kier molecular flexibility index (Phi) is 5.89.